The van der Waals surface area contributed by atoms with Crippen LogP contribution < -0.4 is 0 Å². The van der Waals surface area contributed by atoms with Gasteiger partial charge >= 0.3 is 0 Å². The monoisotopic (exact) mass is 378 g/mol. The van der Waals surface area contributed by atoms with Crippen molar-refractivity contribution in [3.8, 4) is 0 Å². The Morgan fingerprint density at radius 3 is 1.48 bits per heavy atom. The predicted molar refractivity (Wildman–Crippen MR) is 111 cm³/mol. The highest BCUT2D eigenvalue weighted by molar-refractivity contribution is 8.23. The van der Waals surface area contributed by atoms with Gasteiger partial charge in [0.25, 0.3) is 0 Å². The topological polar surface area (TPSA) is 9.23 Å². The van der Waals surface area contributed by atoms with Crippen LogP contribution in [0.5, 0.6) is 0 Å². The number of thiocarbonyl (C=S) groups is 2. The second kappa shape index (κ2) is 10.9. The molecule has 0 heterocycles. The highest BCUT2D eigenvalue weighted by Crippen LogP contribution is 2.16. The Morgan fingerprint density at radius 2 is 1.09 bits per heavy atom. The van der Waals surface area contributed by atoms with Crippen molar-refractivity contribution in [2.45, 2.75) is 11.5 Å². The molecule has 0 unspecified atom stereocenters. The van der Waals surface area contributed by atoms with Crippen molar-refractivity contribution in [2.75, 3.05) is 13.2 Å². The molecular weight excluding hydrogens is 360 g/mol. The molecule has 0 aliphatic carbocycles. The molecule has 0 radical (unpaired) electrons. The summed E-state index contributed by atoms with van der Waals surface area (Å²) in [6.07, 6.45) is 0. The van der Waals surface area contributed by atoms with Crippen molar-refractivity contribution in [3.05, 3.63) is 71.8 Å². The van der Waals surface area contributed by atoms with Gasteiger partial charge in [-0.15, -0.1) is 23.5 Å². The number of thioether (sulfide) groups is 2. The van der Waals surface area contributed by atoms with Gasteiger partial charge in [-0.1, -0.05) is 85.1 Å². The van der Waals surface area contributed by atoms with Crippen LogP contribution in [0.1, 0.15) is 11.1 Å². The second-order valence-electron chi connectivity index (χ2n) is 4.79. The molecule has 0 spiro atoms. The van der Waals surface area contributed by atoms with Crippen LogP contribution in [0.2, 0.25) is 0 Å². The highest BCUT2D eigenvalue weighted by Gasteiger charge is 2.03. The molecule has 0 aliphatic rings. The van der Waals surface area contributed by atoms with Gasteiger partial charge in [0.05, 0.1) is 21.6 Å². The maximum absolute atomic E-state index is 5.61. The van der Waals surface area contributed by atoms with Gasteiger partial charge in [0.1, 0.15) is 0 Å². The fourth-order valence-electron chi connectivity index (χ4n) is 1.78. The summed E-state index contributed by atoms with van der Waals surface area (Å²) in [5, 5.41) is 0. The van der Waals surface area contributed by atoms with E-state index in [1.807, 2.05) is 36.4 Å². The van der Waals surface area contributed by atoms with Crippen LogP contribution in [-0.4, -0.2) is 21.6 Å². The average molecular weight is 379 g/mol. The molecule has 0 aromatic heterocycles. The van der Waals surface area contributed by atoms with E-state index in [4.69, 9.17) is 29.2 Å². The van der Waals surface area contributed by atoms with Crippen LogP contribution in [0.25, 0.3) is 0 Å². The number of ether oxygens (including phenoxy) is 1. The Morgan fingerprint density at radius 1 is 0.696 bits per heavy atom. The van der Waals surface area contributed by atoms with Crippen LogP contribution >= 0.6 is 48.0 Å². The van der Waals surface area contributed by atoms with Crippen LogP contribution in [0.4, 0.5) is 0 Å². The third kappa shape index (κ3) is 8.08. The van der Waals surface area contributed by atoms with E-state index in [1.165, 1.54) is 11.1 Å². The molecule has 0 saturated heterocycles. The molecule has 120 valence electrons. The molecule has 0 aliphatic heterocycles. The van der Waals surface area contributed by atoms with Gasteiger partial charge in [-0.05, 0) is 11.1 Å². The Kier molecular flexibility index (Phi) is 8.86. The zero-order valence-electron chi connectivity index (χ0n) is 12.6. The van der Waals surface area contributed by atoms with Gasteiger partial charge < -0.3 is 4.74 Å². The molecule has 0 amide bonds. The number of hydrogen-bond acceptors (Lipinski definition) is 5. The van der Waals surface area contributed by atoms with E-state index in [2.05, 4.69) is 24.3 Å². The van der Waals surface area contributed by atoms with Crippen molar-refractivity contribution < 1.29 is 4.74 Å². The highest BCUT2D eigenvalue weighted by atomic mass is 32.2. The molecule has 23 heavy (non-hydrogen) atoms. The van der Waals surface area contributed by atoms with E-state index in [1.54, 1.807) is 23.5 Å². The minimum Gasteiger partial charge on any atom is -0.369 e. The van der Waals surface area contributed by atoms with Gasteiger partial charge in [0.2, 0.25) is 0 Å². The molecule has 0 bridgehead atoms. The Hall–Kier alpha value is -0.720. The Balaban J connectivity index is 1.57. The summed E-state index contributed by atoms with van der Waals surface area (Å²) in [7, 11) is 0. The summed E-state index contributed by atoms with van der Waals surface area (Å²) in [6, 6.07) is 20.6. The number of hydrogen-bond donors (Lipinski definition) is 0. The lowest BCUT2D eigenvalue weighted by Crippen LogP contribution is -2.08. The number of benzene rings is 2. The average Bonchev–Trinajstić information content (AvgIpc) is 2.60. The SMILES string of the molecule is S=C(COCC(=S)SCc1ccccc1)SCc1ccccc1. The van der Waals surface area contributed by atoms with Crippen molar-refractivity contribution in [1.82, 2.24) is 0 Å². The first kappa shape index (κ1) is 18.6. The molecule has 1 nitrogen and oxygen atoms in total. The van der Waals surface area contributed by atoms with E-state index in [0.29, 0.717) is 13.2 Å². The van der Waals surface area contributed by atoms with Gasteiger partial charge in [0, 0.05) is 11.5 Å². The molecule has 0 N–H and O–H groups in total. The summed E-state index contributed by atoms with van der Waals surface area (Å²) in [5.74, 6) is 1.77. The number of rotatable bonds is 8. The summed E-state index contributed by atoms with van der Waals surface area (Å²) in [5.41, 5.74) is 2.54. The zero-order chi connectivity index (χ0) is 16.3. The maximum atomic E-state index is 5.61. The van der Waals surface area contributed by atoms with Crippen molar-refractivity contribution >= 4 is 56.4 Å². The molecule has 2 aromatic carbocycles. The maximum Gasteiger partial charge on any atom is 0.0883 e. The van der Waals surface area contributed by atoms with Gasteiger partial charge in [-0.25, -0.2) is 0 Å². The molecule has 0 atom stereocenters. The van der Waals surface area contributed by atoms with E-state index in [9.17, 15) is 0 Å². The molecule has 0 fully saturated rings. The third-order valence-corrected chi connectivity index (χ3v) is 5.70. The molecule has 5 heteroatoms. The first-order valence-corrected chi connectivity index (χ1v) is 9.99. The van der Waals surface area contributed by atoms with E-state index in [-0.39, 0.29) is 0 Å². The standard InChI is InChI=1S/C18H18OS4/c20-17(22-13-15-7-3-1-4-8-15)11-19-12-18(21)23-14-16-9-5-2-6-10-16/h1-10H,11-14H2. The normalized spacial score (nSPS) is 10.4. The minimum atomic E-state index is 0.471. The van der Waals surface area contributed by atoms with Crippen LogP contribution in [0.3, 0.4) is 0 Å². The lowest BCUT2D eigenvalue weighted by Gasteiger charge is -2.07. The van der Waals surface area contributed by atoms with Crippen molar-refractivity contribution in [2.24, 2.45) is 0 Å². The van der Waals surface area contributed by atoms with Gasteiger partial charge in [-0.2, -0.15) is 0 Å². The Bertz CT molecular complexity index is 558. The molecule has 2 aromatic rings. The minimum absolute atomic E-state index is 0.471. The predicted octanol–water partition coefficient (Wildman–Crippen LogP) is 5.52. The smallest absolute Gasteiger partial charge is 0.0883 e. The summed E-state index contributed by atoms with van der Waals surface area (Å²) >= 11 is 14.0. The molecule has 2 rings (SSSR count). The quantitative estimate of drug-likeness (QED) is 0.557. The first-order chi connectivity index (χ1) is 11.2. The van der Waals surface area contributed by atoms with Crippen LogP contribution in [-0.2, 0) is 16.2 Å². The fraction of sp³-hybridized carbons (Fsp3) is 0.222. The molecular formula is C18H18OS4. The summed E-state index contributed by atoms with van der Waals surface area (Å²) < 4.78 is 7.34. The zero-order valence-corrected chi connectivity index (χ0v) is 15.9. The third-order valence-electron chi connectivity index (χ3n) is 2.93. The molecule has 0 saturated carbocycles. The van der Waals surface area contributed by atoms with Crippen LogP contribution in [0, 0.1) is 0 Å². The van der Waals surface area contributed by atoms with E-state index >= 15 is 0 Å². The lowest BCUT2D eigenvalue weighted by molar-refractivity contribution is 0.221. The summed E-state index contributed by atoms with van der Waals surface area (Å²) in [4.78, 5) is 0. The van der Waals surface area contributed by atoms with E-state index < -0.39 is 0 Å². The van der Waals surface area contributed by atoms with Crippen molar-refractivity contribution in [3.63, 3.8) is 0 Å². The van der Waals surface area contributed by atoms with Gasteiger partial charge in [0.15, 0.2) is 0 Å². The van der Waals surface area contributed by atoms with Crippen LogP contribution in [0.15, 0.2) is 60.7 Å². The first-order valence-electron chi connectivity index (χ1n) is 7.21. The van der Waals surface area contributed by atoms with Crippen molar-refractivity contribution in [1.29, 1.82) is 0 Å². The fourth-order valence-corrected chi connectivity index (χ4v) is 3.67. The summed E-state index contributed by atoms with van der Waals surface area (Å²) in [6.45, 7) is 0.942. The lowest BCUT2D eigenvalue weighted by atomic mass is 10.2. The van der Waals surface area contributed by atoms with E-state index in [0.717, 1.165) is 19.9 Å². The second-order valence-corrected chi connectivity index (χ2v) is 8.43. The largest absolute Gasteiger partial charge is 0.369 e. The van der Waals surface area contributed by atoms with Gasteiger partial charge in [-0.3, -0.25) is 0 Å². The Labute approximate surface area is 157 Å².